The van der Waals surface area contributed by atoms with E-state index < -0.39 is 6.10 Å². The Kier molecular flexibility index (Phi) is 6.56. The molecule has 2 N–H and O–H groups in total. The minimum atomic E-state index is -0.392. The van der Waals surface area contributed by atoms with Crippen LogP contribution in [0.1, 0.15) is 57.8 Å². The Hall–Kier alpha value is -1.72. The summed E-state index contributed by atoms with van der Waals surface area (Å²) < 4.78 is 5.52. The van der Waals surface area contributed by atoms with Crippen LogP contribution in [0.3, 0.4) is 0 Å². The van der Waals surface area contributed by atoms with Crippen LogP contribution in [-0.4, -0.2) is 42.7 Å². The number of unbranched alkanes of at least 4 members (excludes halogenated alkanes) is 1. The number of ether oxygens (including phenoxy) is 1. The Morgan fingerprint density at radius 1 is 1.39 bits per heavy atom. The van der Waals surface area contributed by atoms with Crippen LogP contribution in [0.25, 0.3) is 0 Å². The second-order valence-corrected chi connectivity index (χ2v) is 8.77. The van der Waals surface area contributed by atoms with E-state index in [1.807, 2.05) is 12.2 Å². The minimum absolute atomic E-state index is 0.0640. The van der Waals surface area contributed by atoms with Crippen LogP contribution in [0.15, 0.2) is 36.0 Å². The number of aliphatic hydroxyl groups excluding tert-OH is 1. The van der Waals surface area contributed by atoms with Gasteiger partial charge in [0.2, 0.25) is 5.91 Å². The number of amides is 1. The smallest absolute Gasteiger partial charge is 0.219 e. The molecule has 5 nitrogen and oxygen atoms in total. The molecule has 4 rings (SSSR count). The van der Waals surface area contributed by atoms with Crippen molar-refractivity contribution in [1.82, 2.24) is 5.32 Å². The molecule has 4 aliphatic rings. The fourth-order valence-corrected chi connectivity index (χ4v) is 5.08. The summed E-state index contributed by atoms with van der Waals surface area (Å²) in [4.78, 5) is 23.3. The topological polar surface area (TPSA) is 75.6 Å². The number of ketones is 1. The summed E-state index contributed by atoms with van der Waals surface area (Å²) in [6, 6.07) is 0. The average molecular weight is 388 g/mol. The summed E-state index contributed by atoms with van der Waals surface area (Å²) in [6.07, 6.45) is 16.9. The predicted molar refractivity (Wildman–Crippen MR) is 109 cm³/mol. The SMILES string of the molecule is CNC(=O)CCC/C=C\C[C@H]1C=CC(=O)/C1=C/C[C@@H](O)CC12CC(OC)(C1)C2. The summed E-state index contributed by atoms with van der Waals surface area (Å²) in [5.41, 5.74) is 1.20. The molecule has 5 heteroatoms. The number of allylic oxidation sites excluding steroid dienone is 5. The molecule has 0 radical (unpaired) electrons. The molecule has 3 fully saturated rings. The van der Waals surface area contributed by atoms with Crippen molar-refractivity contribution in [2.24, 2.45) is 11.3 Å². The number of aliphatic hydroxyl groups is 1. The van der Waals surface area contributed by atoms with Gasteiger partial charge in [0.15, 0.2) is 5.78 Å². The lowest BCUT2D eigenvalue weighted by Gasteiger charge is -2.70. The zero-order chi connectivity index (χ0) is 20.2. The average Bonchev–Trinajstić information content (AvgIpc) is 2.97. The highest BCUT2D eigenvalue weighted by atomic mass is 16.5. The van der Waals surface area contributed by atoms with Gasteiger partial charge in [-0.1, -0.05) is 24.3 Å². The van der Waals surface area contributed by atoms with Gasteiger partial charge >= 0.3 is 0 Å². The van der Waals surface area contributed by atoms with Gasteiger partial charge in [0.25, 0.3) is 0 Å². The zero-order valence-electron chi connectivity index (χ0n) is 17.1. The molecule has 0 aliphatic heterocycles. The molecule has 3 saturated carbocycles. The lowest BCUT2D eigenvalue weighted by molar-refractivity contribution is -0.282. The van der Waals surface area contributed by atoms with Crippen LogP contribution in [0, 0.1) is 11.3 Å². The Morgan fingerprint density at radius 3 is 2.82 bits per heavy atom. The summed E-state index contributed by atoms with van der Waals surface area (Å²) in [7, 11) is 3.43. The molecule has 4 aliphatic carbocycles. The maximum atomic E-state index is 12.2. The van der Waals surface area contributed by atoms with E-state index >= 15 is 0 Å². The highest BCUT2D eigenvalue weighted by Gasteiger charge is 2.68. The standard InChI is InChI=1S/C23H33NO4/c1-24-21(27)8-6-4-3-5-7-17-9-12-20(26)19(17)11-10-18(25)13-22-14-23(15-22,16-22)28-2/h3,5,9,11-12,17-18,25H,4,6-8,10,13-16H2,1-2H3,(H,24,27)/b5-3-,19-11+/t17-,18+,22?,23?/m0/s1. The number of nitrogens with one attached hydrogen (secondary N) is 1. The molecule has 0 heterocycles. The first-order chi connectivity index (χ1) is 13.4. The van der Waals surface area contributed by atoms with Gasteiger partial charge in [-0.25, -0.2) is 0 Å². The first kappa shape index (κ1) is 21.0. The van der Waals surface area contributed by atoms with Crippen molar-refractivity contribution >= 4 is 11.7 Å². The second kappa shape index (κ2) is 8.75. The van der Waals surface area contributed by atoms with Gasteiger partial charge in [0.1, 0.15) is 0 Å². The largest absolute Gasteiger partial charge is 0.393 e. The van der Waals surface area contributed by atoms with E-state index in [9.17, 15) is 14.7 Å². The van der Waals surface area contributed by atoms with Crippen LogP contribution in [0.4, 0.5) is 0 Å². The predicted octanol–water partition coefficient (Wildman–Crippen LogP) is 3.24. The van der Waals surface area contributed by atoms with E-state index in [4.69, 9.17) is 4.74 Å². The van der Waals surface area contributed by atoms with Crippen molar-refractivity contribution in [1.29, 1.82) is 0 Å². The summed E-state index contributed by atoms with van der Waals surface area (Å²) in [6.45, 7) is 0. The highest BCUT2D eigenvalue weighted by Crippen LogP contribution is 2.70. The van der Waals surface area contributed by atoms with E-state index in [2.05, 4.69) is 17.5 Å². The normalized spacial score (nSPS) is 33.2. The fourth-order valence-electron chi connectivity index (χ4n) is 5.08. The number of hydrogen-bond acceptors (Lipinski definition) is 4. The molecule has 154 valence electrons. The monoisotopic (exact) mass is 387 g/mol. The fraction of sp³-hybridized carbons (Fsp3) is 0.652. The molecule has 0 aromatic rings. The van der Waals surface area contributed by atoms with Crippen molar-refractivity contribution in [3.8, 4) is 0 Å². The molecule has 0 aromatic heterocycles. The number of carbonyl (C=O) groups is 2. The van der Waals surface area contributed by atoms with Gasteiger partial charge in [0.05, 0.1) is 11.7 Å². The van der Waals surface area contributed by atoms with E-state index in [1.165, 1.54) is 0 Å². The number of carbonyl (C=O) groups excluding carboxylic acids is 2. The third-order valence-electron chi connectivity index (χ3n) is 6.58. The van der Waals surface area contributed by atoms with Gasteiger partial charge < -0.3 is 15.2 Å². The van der Waals surface area contributed by atoms with E-state index in [1.54, 1.807) is 20.2 Å². The summed E-state index contributed by atoms with van der Waals surface area (Å²) >= 11 is 0. The van der Waals surface area contributed by atoms with E-state index in [-0.39, 0.29) is 28.6 Å². The molecule has 0 saturated heterocycles. The lowest BCUT2D eigenvalue weighted by Crippen LogP contribution is -2.68. The number of methoxy groups -OCH3 is 1. The molecule has 28 heavy (non-hydrogen) atoms. The number of hydrogen-bond donors (Lipinski definition) is 2. The summed E-state index contributed by atoms with van der Waals surface area (Å²) in [5.74, 6) is 0.230. The molecular weight excluding hydrogens is 354 g/mol. The first-order valence-electron chi connectivity index (χ1n) is 10.4. The Labute approximate surface area is 167 Å². The van der Waals surface area contributed by atoms with E-state index in [0.717, 1.165) is 50.5 Å². The van der Waals surface area contributed by atoms with Crippen molar-refractivity contribution < 1.29 is 19.4 Å². The summed E-state index contributed by atoms with van der Waals surface area (Å²) in [5, 5.41) is 13.1. The van der Waals surface area contributed by atoms with Gasteiger partial charge in [-0.2, -0.15) is 0 Å². The molecular formula is C23H33NO4. The lowest BCUT2D eigenvalue weighted by atomic mass is 9.39. The van der Waals surface area contributed by atoms with Crippen molar-refractivity contribution in [3.05, 3.63) is 36.0 Å². The van der Waals surface area contributed by atoms with Crippen LogP contribution >= 0.6 is 0 Å². The van der Waals surface area contributed by atoms with Crippen LogP contribution in [-0.2, 0) is 14.3 Å². The van der Waals surface area contributed by atoms with Crippen LogP contribution in [0.2, 0.25) is 0 Å². The zero-order valence-corrected chi connectivity index (χ0v) is 17.1. The molecule has 2 atom stereocenters. The molecule has 0 spiro atoms. The van der Waals surface area contributed by atoms with Gasteiger partial charge in [-0.3, -0.25) is 9.59 Å². The maximum absolute atomic E-state index is 12.2. The molecule has 0 unspecified atom stereocenters. The minimum Gasteiger partial charge on any atom is -0.393 e. The van der Waals surface area contributed by atoms with Crippen molar-refractivity contribution in [2.45, 2.75) is 69.5 Å². The highest BCUT2D eigenvalue weighted by molar-refractivity contribution is 6.07. The third-order valence-corrected chi connectivity index (χ3v) is 6.58. The Balaban J connectivity index is 1.40. The van der Waals surface area contributed by atoms with Crippen molar-refractivity contribution in [3.63, 3.8) is 0 Å². The third kappa shape index (κ3) is 4.64. The second-order valence-electron chi connectivity index (χ2n) is 8.77. The van der Waals surface area contributed by atoms with E-state index in [0.29, 0.717) is 12.8 Å². The Morgan fingerprint density at radius 2 is 2.14 bits per heavy atom. The van der Waals surface area contributed by atoms with Crippen LogP contribution < -0.4 is 5.32 Å². The molecule has 0 aromatic carbocycles. The molecule has 2 bridgehead atoms. The van der Waals surface area contributed by atoms with Crippen molar-refractivity contribution in [2.75, 3.05) is 14.2 Å². The van der Waals surface area contributed by atoms with Crippen LogP contribution in [0.5, 0.6) is 0 Å². The van der Waals surface area contributed by atoms with Gasteiger partial charge in [0, 0.05) is 32.1 Å². The molecule has 1 amide bonds. The maximum Gasteiger partial charge on any atom is 0.219 e. The van der Waals surface area contributed by atoms with Gasteiger partial charge in [-0.15, -0.1) is 0 Å². The first-order valence-corrected chi connectivity index (χ1v) is 10.4. The van der Waals surface area contributed by atoms with Gasteiger partial charge in [-0.05, 0) is 62.9 Å². The number of rotatable bonds is 11. The Bertz CT molecular complexity index is 671. The quantitative estimate of drug-likeness (QED) is 0.324.